The van der Waals surface area contributed by atoms with Crippen LogP contribution in [0.1, 0.15) is 37.5 Å². The highest BCUT2D eigenvalue weighted by molar-refractivity contribution is 7.67. The van der Waals surface area contributed by atoms with Gasteiger partial charge in [-0.1, -0.05) is 39.0 Å². The topological polar surface area (TPSA) is 18.5 Å². The summed E-state index contributed by atoms with van der Waals surface area (Å²) in [5.41, 5.74) is 6.30. The first kappa shape index (κ1) is 17.3. The minimum Gasteiger partial charge on any atom is -0.496 e. The minimum atomic E-state index is -0.373. The standard InChI is InChI=1S/C21H27O2P/c1-13-11-14(2)19(22-7)18(15(13)3)16-9-8-10-17-20(16)24(12-23-17)21(4,5)6/h8-11H,12H2,1-7H3/t24-/m0/s1. The molecule has 0 saturated heterocycles. The zero-order valence-electron chi connectivity index (χ0n) is 15.8. The van der Waals surface area contributed by atoms with Crippen LogP contribution in [0.4, 0.5) is 0 Å². The molecule has 2 aromatic carbocycles. The SMILES string of the molecule is COc1c(C)cc(C)c(C)c1-c1cccc2c1[P@@](C(C)(C)C)CO2. The number of fused-ring (bicyclic) bond motifs is 1. The van der Waals surface area contributed by atoms with Gasteiger partial charge in [0.1, 0.15) is 17.8 Å². The maximum atomic E-state index is 6.06. The van der Waals surface area contributed by atoms with Crippen LogP contribution >= 0.6 is 7.92 Å². The molecule has 3 rings (SSSR count). The van der Waals surface area contributed by atoms with E-state index in [2.05, 4.69) is 65.8 Å². The summed E-state index contributed by atoms with van der Waals surface area (Å²) in [6, 6.07) is 8.66. The van der Waals surface area contributed by atoms with Crippen LogP contribution in [-0.4, -0.2) is 18.6 Å². The van der Waals surface area contributed by atoms with Crippen molar-refractivity contribution in [3.8, 4) is 22.6 Å². The first-order valence-corrected chi connectivity index (χ1v) is 9.97. The molecule has 0 aromatic heterocycles. The molecule has 1 atom stereocenters. The average Bonchev–Trinajstić information content (AvgIpc) is 2.95. The van der Waals surface area contributed by atoms with Crippen molar-refractivity contribution in [1.82, 2.24) is 0 Å². The van der Waals surface area contributed by atoms with Gasteiger partial charge in [0.25, 0.3) is 0 Å². The van der Waals surface area contributed by atoms with Gasteiger partial charge in [0, 0.05) is 10.9 Å². The smallest absolute Gasteiger partial charge is 0.129 e. The summed E-state index contributed by atoms with van der Waals surface area (Å²) >= 11 is 0. The molecule has 1 aliphatic rings. The van der Waals surface area contributed by atoms with Gasteiger partial charge in [0.05, 0.1) is 7.11 Å². The van der Waals surface area contributed by atoms with E-state index in [0.717, 1.165) is 17.8 Å². The van der Waals surface area contributed by atoms with Crippen LogP contribution in [0.5, 0.6) is 11.5 Å². The third-order valence-electron chi connectivity index (χ3n) is 4.89. The van der Waals surface area contributed by atoms with E-state index in [1.165, 1.54) is 33.1 Å². The van der Waals surface area contributed by atoms with Gasteiger partial charge in [-0.3, -0.25) is 0 Å². The maximum Gasteiger partial charge on any atom is 0.129 e. The Morgan fingerprint density at radius 3 is 2.42 bits per heavy atom. The van der Waals surface area contributed by atoms with Crippen LogP contribution < -0.4 is 14.8 Å². The van der Waals surface area contributed by atoms with Crippen molar-refractivity contribution in [2.45, 2.75) is 46.7 Å². The molecule has 0 saturated carbocycles. The number of ether oxygens (including phenoxy) is 2. The molecule has 0 N–H and O–H groups in total. The summed E-state index contributed by atoms with van der Waals surface area (Å²) in [6.07, 6.45) is 0.817. The third-order valence-corrected chi connectivity index (χ3v) is 7.89. The van der Waals surface area contributed by atoms with Gasteiger partial charge < -0.3 is 9.47 Å². The molecule has 0 spiro atoms. The second kappa shape index (κ2) is 6.08. The molecule has 128 valence electrons. The van der Waals surface area contributed by atoms with Crippen LogP contribution in [0, 0.1) is 20.8 Å². The minimum absolute atomic E-state index is 0.219. The fourth-order valence-corrected chi connectivity index (χ4v) is 5.83. The molecule has 24 heavy (non-hydrogen) atoms. The van der Waals surface area contributed by atoms with Crippen molar-refractivity contribution in [2.24, 2.45) is 0 Å². The highest BCUT2D eigenvalue weighted by Gasteiger charge is 2.36. The Morgan fingerprint density at radius 2 is 1.79 bits per heavy atom. The van der Waals surface area contributed by atoms with Crippen molar-refractivity contribution in [1.29, 1.82) is 0 Å². The van der Waals surface area contributed by atoms with Crippen molar-refractivity contribution in [3.63, 3.8) is 0 Å². The Hall–Kier alpha value is -1.53. The lowest BCUT2D eigenvalue weighted by molar-refractivity contribution is 0.400. The van der Waals surface area contributed by atoms with E-state index in [9.17, 15) is 0 Å². The van der Waals surface area contributed by atoms with Crippen LogP contribution in [0.25, 0.3) is 11.1 Å². The molecular weight excluding hydrogens is 315 g/mol. The normalized spacial score (nSPS) is 16.7. The molecular formula is C21H27O2P. The summed E-state index contributed by atoms with van der Waals surface area (Å²) in [5, 5.41) is 1.61. The fourth-order valence-electron chi connectivity index (χ4n) is 3.50. The van der Waals surface area contributed by atoms with Gasteiger partial charge in [-0.15, -0.1) is 0 Å². The molecule has 0 fully saturated rings. The third kappa shape index (κ3) is 2.71. The molecule has 2 aromatic rings. The van der Waals surface area contributed by atoms with Gasteiger partial charge in [-0.2, -0.15) is 0 Å². The van der Waals surface area contributed by atoms with Crippen LogP contribution in [0.2, 0.25) is 0 Å². The predicted molar refractivity (Wildman–Crippen MR) is 104 cm³/mol. The van der Waals surface area contributed by atoms with Crippen LogP contribution in [0.15, 0.2) is 24.3 Å². The van der Waals surface area contributed by atoms with E-state index in [1.54, 1.807) is 7.11 Å². The number of hydrogen-bond acceptors (Lipinski definition) is 2. The van der Waals surface area contributed by atoms with E-state index >= 15 is 0 Å². The van der Waals surface area contributed by atoms with E-state index in [-0.39, 0.29) is 13.1 Å². The lowest BCUT2D eigenvalue weighted by Gasteiger charge is -2.28. The van der Waals surface area contributed by atoms with Gasteiger partial charge >= 0.3 is 0 Å². The molecule has 3 heteroatoms. The summed E-state index contributed by atoms with van der Waals surface area (Å²) in [6.45, 7) is 13.5. The average molecular weight is 342 g/mol. The Morgan fingerprint density at radius 1 is 1.08 bits per heavy atom. The van der Waals surface area contributed by atoms with Crippen LogP contribution in [0.3, 0.4) is 0 Å². The van der Waals surface area contributed by atoms with E-state index < -0.39 is 0 Å². The van der Waals surface area contributed by atoms with Crippen molar-refractivity contribution in [2.75, 3.05) is 13.5 Å². The van der Waals surface area contributed by atoms with Gasteiger partial charge in [-0.05, 0) is 62.2 Å². The van der Waals surface area contributed by atoms with Crippen molar-refractivity contribution >= 4 is 13.2 Å². The first-order valence-electron chi connectivity index (χ1n) is 8.44. The molecule has 0 amide bonds. The Kier molecular flexibility index (Phi) is 4.38. The summed E-state index contributed by atoms with van der Waals surface area (Å²) < 4.78 is 11.9. The second-order valence-corrected chi connectivity index (χ2v) is 10.5. The second-order valence-electron chi connectivity index (χ2n) is 7.57. The van der Waals surface area contributed by atoms with Crippen molar-refractivity contribution in [3.05, 3.63) is 41.0 Å². The molecule has 1 aliphatic heterocycles. The number of benzene rings is 2. The van der Waals surface area contributed by atoms with Gasteiger partial charge in [0.2, 0.25) is 0 Å². The van der Waals surface area contributed by atoms with Gasteiger partial charge in [-0.25, -0.2) is 0 Å². The van der Waals surface area contributed by atoms with E-state index in [4.69, 9.17) is 9.47 Å². The highest BCUT2D eigenvalue weighted by Crippen LogP contribution is 2.56. The molecule has 2 nitrogen and oxygen atoms in total. The summed E-state index contributed by atoms with van der Waals surface area (Å²) in [7, 11) is 1.40. The Labute approximate surface area is 146 Å². The first-order chi connectivity index (χ1) is 11.3. The lowest BCUT2D eigenvalue weighted by Crippen LogP contribution is -2.19. The fraction of sp³-hybridized carbons (Fsp3) is 0.429. The molecule has 1 heterocycles. The zero-order valence-corrected chi connectivity index (χ0v) is 16.7. The van der Waals surface area contributed by atoms with Crippen molar-refractivity contribution < 1.29 is 9.47 Å². The monoisotopic (exact) mass is 342 g/mol. The van der Waals surface area contributed by atoms with Gasteiger partial charge in [0.15, 0.2) is 0 Å². The Bertz CT molecular complexity index is 787. The molecule has 0 radical (unpaired) electrons. The zero-order chi connectivity index (χ0) is 17.6. The highest BCUT2D eigenvalue weighted by atomic mass is 31.1. The maximum absolute atomic E-state index is 6.06. The quantitative estimate of drug-likeness (QED) is 0.667. The summed E-state index contributed by atoms with van der Waals surface area (Å²) in [5.74, 6) is 2.04. The predicted octanol–water partition coefficient (Wildman–Crippen LogP) is 5.54. The van der Waals surface area contributed by atoms with E-state index in [1.807, 2.05) is 0 Å². The number of hydrogen-bond donors (Lipinski definition) is 0. The number of aryl methyl sites for hydroxylation is 2. The van der Waals surface area contributed by atoms with Crippen LogP contribution in [-0.2, 0) is 0 Å². The molecule has 0 unspecified atom stereocenters. The number of methoxy groups -OCH3 is 1. The lowest BCUT2D eigenvalue weighted by atomic mass is 9.93. The number of rotatable bonds is 2. The van der Waals surface area contributed by atoms with E-state index in [0.29, 0.717) is 0 Å². The Balaban J connectivity index is 2.33. The summed E-state index contributed by atoms with van der Waals surface area (Å²) in [4.78, 5) is 0. The largest absolute Gasteiger partial charge is 0.496 e. The molecule has 0 bridgehead atoms. The molecule has 0 aliphatic carbocycles.